The van der Waals surface area contributed by atoms with Crippen molar-refractivity contribution in [2.24, 2.45) is 0 Å². The number of hydrogen-bond acceptors (Lipinski definition) is 2. The molecule has 0 unspecified atom stereocenters. The normalized spacial score (nSPS) is 10.9. The van der Waals surface area contributed by atoms with Crippen LogP contribution in [0.2, 0.25) is 0 Å². The van der Waals surface area contributed by atoms with Gasteiger partial charge in [-0.1, -0.05) is 18.2 Å². The lowest BCUT2D eigenvalue weighted by atomic mass is 10.1. The zero-order valence-corrected chi connectivity index (χ0v) is 10.0. The van der Waals surface area contributed by atoms with Crippen LogP contribution in [0.25, 0.3) is 11.1 Å². The molecule has 1 radical (unpaired) electrons. The Labute approximate surface area is 112 Å². The number of ether oxygens (including phenoxy) is 2. The Balaban J connectivity index is 2.26. The van der Waals surface area contributed by atoms with Crippen molar-refractivity contribution in [3.8, 4) is 22.6 Å². The molecular formula is C14H9F4O2. The van der Waals surface area contributed by atoms with E-state index >= 15 is 0 Å². The lowest BCUT2D eigenvalue weighted by molar-refractivity contribution is -0.0505. The molecule has 20 heavy (non-hydrogen) atoms. The van der Waals surface area contributed by atoms with Crippen LogP contribution in [0.5, 0.6) is 11.5 Å². The molecule has 0 N–H and O–H groups in total. The quantitative estimate of drug-likeness (QED) is 0.760. The first-order valence-corrected chi connectivity index (χ1v) is 5.56. The highest BCUT2D eigenvalue weighted by Gasteiger charge is 2.08. The largest absolute Gasteiger partial charge is 0.435 e. The van der Waals surface area contributed by atoms with Crippen LogP contribution >= 0.6 is 0 Å². The standard InChI is InChI=1S/C14H9F4O2/c15-13(16)19-11-5-1-3-9(7-11)10-4-2-6-12(8-10)20-14(17)18/h1-3,5-8,13-14H. The number of halogens is 4. The van der Waals surface area contributed by atoms with E-state index in [1.54, 1.807) is 6.07 Å². The van der Waals surface area contributed by atoms with Gasteiger partial charge >= 0.3 is 13.2 Å². The third-order valence-electron chi connectivity index (χ3n) is 2.37. The Kier molecular flexibility index (Phi) is 4.45. The van der Waals surface area contributed by atoms with Gasteiger partial charge < -0.3 is 9.47 Å². The van der Waals surface area contributed by atoms with E-state index in [1.165, 1.54) is 36.4 Å². The molecular weight excluding hydrogens is 276 g/mol. The van der Waals surface area contributed by atoms with Crippen molar-refractivity contribution in [1.82, 2.24) is 0 Å². The van der Waals surface area contributed by atoms with E-state index in [0.717, 1.165) is 0 Å². The topological polar surface area (TPSA) is 18.5 Å². The van der Waals surface area contributed by atoms with Gasteiger partial charge in [-0.05, 0) is 41.5 Å². The molecule has 2 aromatic rings. The summed E-state index contributed by atoms with van der Waals surface area (Å²) in [4.78, 5) is 0. The van der Waals surface area contributed by atoms with Gasteiger partial charge in [0.1, 0.15) is 11.5 Å². The third-order valence-corrected chi connectivity index (χ3v) is 2.37. The summed E-state index contributed by atoms with van der Waals surface area (Å²) < 4.78 is 57.0. The highest BCUT2D eigenvalue weighted by molar-refractivity contribution is 5.66. The summed E-state index contributed by atoms with van der Waals surface area (Å²) in [5, 5.41) is 0. The Bertz CT molecular complexity index is 521. The molecule has 2 aromatic carbocycles. The van der Waals surface area contributed by atoms with Crippen molar-refractivity contribution in [3.63, 3.8) is 0 Å². The van der Waals surface area contributed by atoms with Gasteiger partial charge in [-0.15, -0.1) is 0 Å². The van der Waals surface area contributed by atoms with Crippen molar-refractivity contribution >= 4 is 0 Å². The molecule has 0 saturated heterocycles. The second kappa shape index (κ2) is 6.27. The molecule has 105 valence electrons. The summed E-state index contributed by atoms with van der Waals surface area (Å²) in [6.07, 6.45) is 0. The maximum absolute atomic E-state index is 12.1. The van der Waals surface area contributed by atoms with Crippen molar-refractivity contribution in [2.75, 3.05) is 0 Å². The van der Waals surface area contributed by atoms with Gasteiger partial charge in [0, 0.05) is 0 Å². The average Bonchev–Trinajstić information content (AvgIpc) is 2.38. The summed E-state index contributed by atoms with van der Waals surface area (Å²) in [5.74, 6) is -0.0555. The van der Waals surface area contributed by atoms with Gasteiger partial charge in [-0.25, -0.2) is 0 Å². The first kappa shape index (κ1) is 14.2. The minimum Gasteiger partial charge on any atom is -0.435 e. The number of hydrogen-bond donors (Lipinski definition) is 0. The molecule has 2 rings (SSSR count). The average molecular weight is 285 g/mol. The Morgan fingerprint density at radius 2 is 1.50 bits per heavy atom. The molecule has 2 nitrogen and oxygen atoms in total. The van der Waals surface area contributed by atoms with Gasteiger partial charge in [-0.2, -0.15) is 17.6 Å². The van der Waals surface area contributed by atoms with Crippen LogP contribution in [0.4, 0.5) is 17.6 Å². The van der Waals surface area contributed by atoms with E-state index in [2.05, 4.69) is 15.5 Å². The maximum Gasteiger partial charge on any atom is 0.387 e. The number of benzene rings is 2. The summed E-state index contributed by atoms with van der Waals surface area (Å²) >= 11 is 0. The van der Waals surface area contributed by atoms with Gasteiger partial charge in [0.15, 0.2) is 0 Å². The molecule has 0 heterocycles. The number of rotatable bonds is 5. The van der Waals surface area contributed by atoms with Crippen LogP contribution in [0, 0.1) is 6.07 Å². The fourth-order valence-electron chi connectivity index (χ4n) is 1.63. The zero-order valence-electron chi connectivity index (χ0n) is 10.0. The molecule has 0 aromatic heterocycles. The third kappa shape index (κ3) is 3.88. The second-order valence-electron chi connectivity index (χ2n) is 3.72. The molecule has 0 aliphatic carbocycles. The lowest BCUT2D eigenvalue weighted by Crippen LogP contribution is -2.02. The first-order chi connectivity index (χ1) is 9.54. The Morgan fingerprint density at radius 1 is 0.850 bits per heavy atom. The minimum absolute atomic E-state index is 0.0221. The van der Waals surface area contributed by atoms with E-state index in [4.69, 9.17) is 0 Å². The summed E-state index contributed by atoms with van der Waals surface area (Å²) in [6.45, 7) is -5.86. The number of alkyl halides is 4. The van der Waals surface area contributed by atoms with Crippen LogP contribution < -0.4 is 9.47 Å². The molecule has 0 amide bonds. The van der Waals surface area contributed by atoms with Crippen LogP contribution in [0.15, 0.2) is 42.5 Å². The van der Waals surface area contributed by atoms with E-state index < -0.39 is 13.2 Å². The Hall–Kier alpha value is -2.24. The Morgan fingerprint density at radius 3 is 2.15 bits per heavy atom. The molecule has 0 spiro atoms. The SMILES string of the molecule is FC(F)Oc1cc[c]c(-c2cccc(OC(F)F)c2)c1. The molecule has 0 aliphatic heterocycles. The second-order valence-corrected chi connectivity index (χ2v) is 3.72. The predicted molar refractivity (Wildman–Crippen MR) is 64.0 cm³/mol. The highest BCUT2D eigenvalue weighted by atomic mass is 19.3. The fourth-order valence-corrected chi connectivity index (χ4v) is 1.63. The van der Waals surface area contributed by atoms with Crippen molar-refractivity contribution in [2.45, 2.75) is 13.2 Å². The highest BCUT2D eigenvalue weighted by Crippen LogP contribution is 2.27. The van der Waals surface area contributed by atoms with Gasteiger partial charge in [0.2, 0.25) is 0 Å². The zero-order chi connectivity index (χ0) is 14.5. The monoisotopic (exact) mass is 285 g/mol. The van der Waals surface area contributed by atoms with Crippen LogP contribution in [0.3, 0.4) is 0 Å². The van der Waals surface area contributed by atoms with Crippen molar-refractivity contribution < 1.29 is 27.0 Å². The predicted octanol–water partition coefficient (Wildman–Crippen LogP) is 4.36. The van der Waals surface area contributed by atoms with E-state index in [1.807, 2.05) is 0 Å². The summed E-state index contributed by atoms with van der Waals surface area (Å²) in [6, 6.07) is 12.8. The minimum atomic E-state index is -2.93. The molecule has 0 fully saturated rings. The van der Waals surface area contributed by atoms with Crippen molar-refractivity contribution in [1.29, 1.82) is 0 Å². The smallest absolute Gasteiger partial charge is 0.387 e. The van der Waals surface area contributed by atoms with Crippen LogP contribution in [0.1, 0.15) is 0 Å². The van der Waals surface area contributed by atoms with Gasteiger partial charge in [0.25, 0.3) is 0 Å². The van der Waals surface area contributed by atoms with Crippen LogP contribution in [-0.2, 0) is 0 Å². The molecule has 0 atom stereocenters. The molecule has 0 aliphatic rings. The van der Waals surface area contributed by atoms with Crippen LogP contribution in [-0.4, -0.2) is 13.2 Å². The summed E-state index contributed by atoms with van der Waals surface area (Å²) in [5.41, 5.74) is 0.936. The molecule has 0 bridgehead atoms. The fraction of sp³-hybridized carbons (Fsp3) is 0.143. The summed E-state index contributed by atoms with van der Waals surface area (Å²) in [7, 11) is 0. The van der Waals surface area contributed by atoms with Crippen molar-refractivity contribution in [3.05, 3.63) is 48.5 Å². The van der Waals surface area contributed by atoms with E-state index in [9.17, 15) is 17.6 Å². The van der Waals surface area contributed by atoms with E-state index in [0.29, 0.717) is 11.1 Å². The van der Waals surface area contributed by atoms with E-state index in [-0.39, 0.29) is 11.5 Å². The lowest BCUT2D eigenvalue weighted by Gasteiger charge is -2.09. The molecule has 6 heteroatoms. The first-order valence-electron chi connectivity index (χ1n) is 5.56. The van der Waals surface area contributed by atoms with Gasteiger partial charge in [0.05, 0.1) is 0 Å². The maximum atomic E-state index is 12.1. The van der Waals surface area contributed by atoms with Gasteiger partial charge in [-0.3, -0.25) is 0 Å². The molecule has 0 saturated carbocycles.